The van der Waals surface area contributed by atoms with Crippen molar-refractivity contribution >= 4 is 28.3 Å². The number of ether oxygens (including phenoxy) is 1. The average Bonchev–Trinajstić information content (AvgIpc) is 3.19. The summed E-state index contributed by atoms with van der Waals surface area (Å²) >= 11 is 1.43. The molecule has 0 aliphatic rings. The van der Waals surface area contributed by atoms with Gasteiger partial charge in [0.25, 0.3) is 5.91 Å². The first-order valence-corrected chi connectivity index (χ1v) is 9.47. The summed E-state index contributed by atoms with van der Waals surface area (Å²) in [5.41, 5.74) is 3.12. The number of aromatic nitrogens is 2. The lowest BCUT2D eigenvalue weighted by molar-refractivity contribution is 0.0525. The number of nitrogens with one attached hydrogen (secondary N) is 2. The van der Waals surface area contributed by atoms with Crippen LogP contribution in [-0.4, -0.2) is 28.5 Å². The summed E-state index contributed by atoms with van der Waals surface area (Å²) < 4.78 is 5.06. The second-order valence-corrected chi connectivity index (χ2v) is 7.21. The van der Waals surface area contributed by atoms with Crippen LogP contribution in [0, 0.1) is 13.8 Å². The Morgan fingerprint density at radius 3 is 2.67 bits per heavy atom. The maximum Gasteiger partial charge on any atom is 0.340 e. The van der Waals surface area contributed by atoms with Gasteiger partial charge in [-0.2, -0.15) is 0 Å². The highest BCUT2D eigenvalue weighted by Crippen LogP contribution is 2.24. The summed E-state index contributed by atoms with van der Waals surface area (Å²) in [6.07, 6.45) is 2.53. The molecule has 0 aliphatic carbocycles. The number of H-pyrrole nitrogens is 1. The Morgan fingerprint density at radius 1 is 1.22 bits per heavy atom. The number of carbonyl (C=O) groups excluding carboxylic acids is 2. The van der Waals surface area contributed by atoms with Crippen LogP contribution in [0.15, 0.2) is 36.5 Å². The molecule has 2 aromatic heterocycles. The summed E-state index contributed by atoms with van der Waals surface area (Å²) in [4.78, 5) is 33.0. The molecule has 2 heterocycles. The molecule has 0 bridgehead atoms. The van der Waals surface area contributed by atoms with Crippen LogP contribution in [0.1, 0.15) is 49.5 Å². The van der Waals surface area contributed by atoms with Gasteiger partial charge >= 0.3 is 5.97 Å². The monoisotopic (exact) mass is 383 g/mol. The van der Waals surface area contributed by atoms with Gasteiger partial charge in [0.15, 0.2) is 5.13 Å². The maximum atomic E-state index is 12.6. The number of nitrogens with zero attached hydrogens (tertiary/aromatic N) is 1. The fourth-order valence-corrected chi connectivity index (χ4v) is 3.73. The van der Waals surface area contributed by atoms with E-state index in [2.05, 4.69) is 27.4 Å². The highest BCUT2D eigenvalue weighted by Gasteiger charge is 2.23. The van der Waals surface area contributed by atoms with Crippen LogP contribution in [0.25, 0.3) is 0 Å². The predicted octanol–water partition coefficient (Wildman–Crippen LogP) is 4.11. The Bertz CT molecular complexity index is 960. The Balaban J connectivity index is 1.73. The van der Waals surface area contributed by atoms with E-state index in [1.807, 2.05) is 18.2 Å². The van der Waals surface area contributed by atoms with Crippen LogP contribution in [0.5, 0.6) is 0 Å². The minimum atomic E-state index is -0.429. The molecule has 0 saturated heterocycles. The molecule has 140 valence electrons. The molecule has 1 amide bonds. The van der Waals surface area contributed by atoms with E-state index < -0.39 is 5.97 Å². The smallest absolute Gasteiger partial charge is 0.340 e. The van der Waals surface area contributed by atoms with Crippen molar-refractivity contribution in [3.05, 3.63) is 69.5 Å². The number of aromatic amines is 1. The number of thiazole rings is 1. The van der Waals surface area contributed by atoms with E-state index in [0.29, 0.717) is 27.6 Å². The van der Waals surface area contributed by atoms with Gasteiger partial charge in [-0.15, -0.1) is 11.3 Å². The summed E-state index contributed by atoms with van der Waals surface area (Å²) in [5.74, 6) is -0.756. The van der Waals surface area contributed by atoms with Gasteiger partial charge in [0.1, 0.15) is 5.69 Å². The largest absolute Gasteiger partial charge is 0.462 e. The van der Waals surface area contributed by atoms with Gasteiger partial charge in [-0.1, -0.05) is 30.3 Å². The second-order valence-electron chi connectivity index (χ2n) is 6.09. The van der Waals surface area contributed by atoms with Crippen molar-refractivity contribution in [2.75, 3.05) is 11.9 Å². The third-order valence-corrected chi connectivity index (χ3v) is 5.05. The minimum absolute atomic E-state index is 0.285. The number of amides is 1. The lowest BCUT2D eigenvalue weighted by atomic mass is 10.1. The molecule has 1 aromatic carbocycles. The first-order valence-electron chi connectivity index (χ1n) is 8.65. The second kappa shape index (κ2) is 8.18. The third-order valence-electron chi connectivity index (χ3n) is 4.14. The zero-order valence-corrected chi connectivity index (χ0v) is 16.3. The molecular formula is C20H21N3O3S. The molecule has 27 heavy (non-hydrogen) atoms. The molecule has 7 heteroatoms. The van der Waals surface area contributed by atoms with Crippen LogP contribution < -0.4 is 5.32 Å². The number of anilines is 1. The number of rotatable bonds is 6. The molecule has 3 rings (SSSR count). The highest BCUT2D eigenvalue weighted by molar-refractivity contribution is 7.15. The van der Waals surface area contributed by atoms with Crippen LogP contribution in [0.2, 0.25) is 0 Å². The van der Waals surface area contributed by atoms with E-state index in [0.717, 1.165) is 11.3 Å². The summed E-state index contributed by atoms with van der Waals surface area (Å²) in [7, 11) is 0. The third kappa shape index (κ3) is 4.25. The van der Waals surface area contributed by atoms with Crippen LogP contribution in [0.3, 0.4) is 0 Å². The molecule has 0 spiro atoms. The van der Waals surface area contributed by atoms with E-state index in [1.54, 1.807) is 27.0 Å². The number of esters is 1. The number of hydrogen-bond acceptors (Lipinski definition) is 5. The van der Waals surface area contributed by atoms with Crippen molar-refractivity contribution < 1.29 is 14.3 Å². The first-order chi connectivity index (χ1) is 13.0. The van der Waals surface area contributed by atoms with Crippen molar-refractivity contribution in [3.63, 3.8) is 0 Å². The summed E-state index contributed by atoms with van der Waals surface area (Å²) in [5, 5.41) is 3.33. The molecule has 0 aliphatic heterocycles. The standard InChI is InChI=1S/C20H21N3O3S/c1-4-26-19(25)16-12(2)17(22-13(16)3)18(24)23-20-21-11-15(27-20)10-14-8-6-5-7-9-14/h5-9,11,22H,4,10H2,1-3H3,(H,21,23,24). The molecule has 0 fully saturated rings. The lowest BCUT2D eigenvalue weighted by Gasteiger charge is -2.03. The number of aryl methyl sites for hydroxylation is 1. The van der Waals surface area contributed by atoms with Crippen molar-refractivity contribution in [2.45, 2.75) is 27.2 Å². The molecule has 0 unspecified atom stereocenters. The normalized spacial score (nSPS) is 10.6. The van der Waals surface area contributed by atoms with Gasteiger partial charge < -0.3 is 9.72 Å². The topological polar surface area (TPSA) is 84.1 Å². The molecular weight excluding hydrogens is 362 g/mol. The highest BCUT2D eigenvalue weighted by atomic mass is 32.1. The number of carbonyl (C=O) groups is 2. The molecule has 6 nitrogen and oxygen atoms in total. The Kier molecular flexibility index (Phi) is 5.71. The van der Waals surface area contributed by atoms with Crippen molar-refractivity contribution in [1.29, 1.82) is 0 Å². The van der Waals surface area contributed by atoms with Crippen molar-refractivity contribution in [2.24, 2.45) is 0 Å². The summed E-state index contributed by atoms with van der Waals surface area (Å²) in [6.45, 7) is 5.51. The van der Waals surface area contributed by atoms with Crippen LogP contribution >= 0.6 is 11.3 Å². The van der Waals surface area contributed by atoms with E-state index in [-0.39, 0.29) is 12.5 Å². The number of hydrogen-bond donors (Lipinski definition) is 2. The van der Waals surface area contributed by atoms with Gasteiger partial charge in [-0.25, -0.2) is 9.78 Å². The Morgan fingerprint density at radius 2 is 1.96 bits per heavy atom. The molecule has 0 saturated carbocycles. The van der Waals surface area contributed by atoms with Gasteiger partial charge in [0, 0.05) is 23.2 Å². The Hall–Kier alpha value is -2.93. The SMILES string of the molecule is CCOC(=O)c1c(C)[nH]c(C(=O)Nc2ncc(Cc3ccccc3)s2)c1C. The van der Waals surface area contributed by atoms with Crippen LogP contribution in [-0.2, 0) is 11.2 Å². The zero-order valence-electron chi connectivity index (χ0n) is 15.5. The van der Waals surface area contributed by atoms with Crippen LogP contribution in [0.4, 0.5) is 5.13 Å². The van der Waals surface area contributed by atoms with Crippen molar-refractivity contribution in [3.8, 4) is 0 Å². The van der Waals surface area contributed by atoms with E-state index in [4.69, 9.17) is 4.74 Å². The quantitative estimate of drug-likeness (QED) is 0.628. The predicted molar refractivity (Wildman–Crippen MR) is 106 cm³/mol. The fraction of sp³-hybridized carbons (Fsp3) is 0.250. The average molecular weight is 383 g/mol. The Labute approximate surface area is 161 Å². The maximum absolute atomic E-state index is 12.6. The number of benzene rings is 1. The molecule has 2 N–H and O–H groups in total. The summed E-state index contributed by atoms with van der Waals surface area (Å²) in [6, 6.07) is 10.1. The fourth-order valence-electron chi connectivity index (χ4n) is 2.89. The zero-order chi connectivity index (χ0) is 19.4. The van der Waals surface area contributed by atoms with Crippen molar-refractivity contribution in [1.82, 2.24) is 9.97 Å². The molecule has 0 atom stereocenters. The van der Waals surface area contributed by atoms with E-state index >= 15 is 0 Å². The lowest BCUT2D eigenvalue weighted by Crippen LogP contribution is -2.14. The molecule has 3 aromatic rings. The first kappa shape index (κ1) is 18.8. The minimum Gasteiger partial charge on any atom is -0.462 e. The van der Waals surface area contributed by atoms with E-state index in [1.165, 1.54) is 16.9 Å². The van der Waals surface area contributed by atoms with Gasteiger partial charge in [0.2, 0.25) is 0 Å². The van der Waals surface area contributed by atoms with E-state index in [9.17, 15) is 9.59 Å². The van der Waals surface area contributed by atoms with Gasteiger partial charge in [-0.3, -0.25) is 10.1 Å². The van der Waals surface area contributed by atoms with Gasteiger partial charge in [-0.05, 0) is 31.9 Å². The van der Waals surface area contributed by atoms with Gasteiger partial charge in [0.05, 0.1) is 12.2 Å². The molecule has 0 radical (unpaired) electrons.